The van der Waals surface area contributed by atoms with Gasteiger partial charge in [0.05, 0.1) is 19.8 Å². The summed E-state index contributed by atoms with van der Waals surface area (Å²) in [6.07, 6.45) is 76.1. The van der Waals surface area contributed by atoms with Gasteiger partial charge in [-0.3, -0.25) is 9.62 Å². The normalized spacial score (nSPS) is 28.3. The number of hydrogen-bond donors (Lipinski definition) is 7. The lowest BCUT2D eigenvalue weighted by Crippen LogP contribution is -2.57. The van der Waals surface area contributed by atoms with Gasteiger partial charge in [-0.25, -0.2) is 0 Å². The van der Waals surface area contributed by atoms with Crippen LogP contribution in [0.4, 0.5) is 5.69 Å². The summed E-state index contributed by atoms with van der Waals surface area (Å²) in [5, 5.41) is 20.5. The summed E-state index contributed by atoms with van der Waals surface area (Å²) in [5.41, 5.74) is 15.8. The van der Waals surface area contributed by atoms with Gasteiger partial charge >= 0.3 is 0 Å². The SMILES string of the molecule is C1CC2(C1)CNC2.C1CC2CC1CN2.C1CC2CCC(C1)N2.C1CC2CCC1C2.C1CC2CCC1CC2.C1CC2CCC1CN2.C1CCCCC1.C1CCN2CCOCC2C1.C1CCNCC1.C1CCOCC1.c1ccc2c(c1)CCC2.c1ccc2c(c1)CCC2.c1ccc2c(c1)CCCC2.c1ccc2c(c1)CCN2.c1ccc2c(c1)CCO2.c1ccc2c(c1)CNS2. The lowest BCUT2D eigenvalue weighted by molar-refractivity contribution is -0.0231. The molecule has 0 amide bonds. The average Bonchev–Trinajstić information content (AvgIpc) is 1.56. The summed E-state index contributed by atoms with van der Waals surface area (Å²) < 4.78 is 19.0. The van der Waals surface area contributed by atoms with E-state index in [1.54, 1.807) is 116 Å². The topological polar surface area (TPSA) is 115 Å². The Morgan fingerprint density at radius 3 is 1.17 bits per heavy atom. The molecule has 5 unspecified atom stereocenters. The van der Waals surface area contributed by atoms with Gasteiger partial charge in [0.15, 0.2) is 0 Å². The molecule has 12 heteroatoms. The molecule has 7 N–H and O–H groups in total. The standard InChI is InChI=1S/C10H12.2C9H10.C8H15NO.C8H9N.C8H8O.C8H14.C7H7NS.2C7H13N.C7H12.2C6H11N.C6H12.C5H11N.C5H10O/c1-2-6-10-8-4-3-7-9(10)5-1;2*1-2-5-9-7-3-6-8(9)4-1;1-2-4-9-5-6-10-7-8(9)3-1;2*1-2-4-8-7(3-1)5-6-9-8;1-2-8-5-3-7(1)4-6-8;1-2-4-7-6(3-1)5-8-9-7;1-3-7-4-2-6(1)5-8-7;1-2-6-4-5-7(3-1)8-6;1-2-7-4-3-6(1)5-7;1-2-6-3-5(1)4-7-6;1-2-6(3-1)4-7-5-6;3*1-2-4-6-5-3-1/h1-2,5-6H,3-4,7-8H2;2*1-2,4-5H,3,6-7H2;8H,1-7H2;1-4,9H,5-6H2;1-4H,5-6H2;7-8H,1-6H2;1-4,8H,5H2;2*6-8H,1-5H2;6-7H,1-5H2;5-7H,1-4H2;7H,1-5H2;1-6H2;6H,1-5H2;1-5H2. The molecule has 19 fully saturated rings. The molecule has 13 heterocycles. The van der Waals surface area contributed by atoms with Crippen LogP contribution in [0.3, 0.4) is 0 Å². The Morgan fingerprint density at radius 1 is 0.312 bits per heavy atom. The number of hydrogen-bond acceptors (Lipinski definition) is 12. The Hall–Kier alpha value is -5.09. The third-order valence-electron chi connectivity index (χ3n) is 32.6. The molecule has 0 aromatic heterocycles. The quantitative estimate of drug-likeness (QED) is 0.0735. The van der Waals surface area contributed by atoms with Gasteiger partial charge in [-0.05, 0) is 359 Å². The lowest BCUT2D eigenvalue weighted by atomic mass is 9.65. The van der Waals surface area contributed by atoms with Crippen molar-refractivity contribution in [1.82, 2.24) is 36.2 Å². The first-order chi connectivity index (χ1) is 63.4. The molecule has 9 saturated carbocycles. The molecule has 128 heavy (non-hydrogen) atoms. The molecule has 12 aliphatic carbocycles. The number of fused-ring (bicyclic) bond motifs is 19. The van der Waals surface area contributed by atoms with Crippen LogP contribution in [0, 0.1) is 40.9 Å². The summed E-state index contributed by atoms with van der Waals surface area (Å²) in [4.78, 5) is 3.95. The van der Waals surface area contributed by atoms with Crippen LogP contribution in [-0.2, 0) is 67.4 Å². The second-order valence-corrected chi connectivity index (χ2v) is 43.1. The minimum absolute atomic E-state index is 0.766. The second-order valence-electron chi connectivity index (χ2n) is 42.2. The van der Waals surface area contributed by atoms with Crippen molar-refractivity contribution in [3.63, 3.8) is 0 Å². The van der Waals surface area contributed by atoms with Crippen molar-refractivity contribution in [2.75, 3.05) is 97.3 Å². The van der Waals surface area contributed by atoms with E-state index in [1.165, 1.54) is 355 Å². The molecule has 6 aromatic carbocycles. The van der Waals surface area contributed by atoms with E-state index >= 15 is 0 Å². The van der Waals surface area contributed by atoms with Crippen LogP contribution in [0.25, 0.3) is 0 Å². The molecule has 0 radical (unpaired) electrons. The number of nitrogens with one attached hydrogen (secondary N) is 7. The molecule has 10 bridgehead atoms. The predicted molar refractivity (Wildman–Crippen MR) is 543 cm³/mol. The number of morpholine rings is 1. The molecule has 1 spiro atoms. The van der Waals surface area contributed by atoms with Gasteiger partial charge in [-0.2, -0.15) is 0 Å². The molecule has 11 nitrogen and oxygen atoms in total. The van der Waals surface area contributed by atoms with Gasteiger partial charge in [0.2, 0.25) is 0 Å². The molecule has 706 valence electrons. The van der Waals surface area contributed by atoms with Gasteiger partial charge in [-0.15, -0.1) is 0 Å². The van der Waals surface area contributed by atoms with Crippen molar-refractivity contribution in [2.24, 2.45) is 40.9 Å². The van der Waals surface area contributed by atoms with Gasteiger partial charge in [0, 0.05) is 93.2 Å². The van der Waals surface area contributed by atoms with Crippen LogP contribution in [-0.4, -0.2) is 127 Å². The number of rotatable bonds is 0. The van der Waals surface area contributed by atoms with Crippen molar-refractivity contribution in [3.05, 3.63) is 196 Å². The molecular formula is C116H178N8O3S. The maximum absolute atomic E-state index is 5.40. The van der Waals surface area contributed by atoms with Crippen LogP contribution < -0.4 is 41.4 Å². The molecule has 31 rings (SSSR count). The fourth-order valence-electron chi connectivity index (χ4n) is 24.1. The van der Waals surface area contributed by atoms with Gasteiger partial charge in [0.1, 0.15) is 5.75 Å². The molecular weight excluding hydrogens is 1590 g/mol. The fourth-order valence-corrected chi connectivity index (χ4v) is 24.9. The third kappa shape index (κ3) is 35.0. The van der Waals surface area contributed by atoms with E-state index < -0.39 is 0 Å². The molecule has 6 aromatic rings. The largest absolute Gasteiger partial charge is 0.493 e. The minimum atomic E-state index is 0.766. The number of ether oxygens (including phenoxy) is 3. The van der Waals surface area contributed by atoms with Crippen molar-refractivity contribution in [2.45, 2.75) is 382 Å². The smallest absolute Gasteiger partial charge is 0.122 e. The highest BCUT2D eigenvalue weighted by Gasteiger charge is 2.42. The van der Waals surface area contributed by atoms with E-state index in [9.17, 15) is 0 Å². The van der Waals surface area contributed by atoms with E-state index in [0.717, 1.165) is 118 Å². The second kappa shape index (κ2) is 57.6. The summed E-state index contributed by atoms with van der Waals surface area (Å²) >= 11 is 1.72. The van der Waals surface area contributed by atoms with Gasteiger partial charge < -0.3 is 46.1 Å². The summed E-state index contributed by atoms with van der Waals surface area (Å²) in [6, 6.07) is 55.8. The maximum atomic E-state index is 5.40. The van der Waals surface area contributed by atoms with Crippen LogP contribution in [0.5, 0.6) is 5.75 Å². The lowest BCUT2D eigenvalue weighted by Gasteiger charge is -2.49. The van der Waals surface area contributed by atoms with Crippen LogP contribution in [0.1, 0.15) is 339 Å². The Kier molecular flexibility index (Phi) is 44.5. The number of nitrogens with zero attached hydrogens (tertiary/aromatic N) is 1. The summed E-state index contributed by atoms with van der Waals surface area (Å²) in [6.45, 7) is 17.2. The Balaban J connectivity index is 0.000000111. The summed E-state index contributed by atoms with van der Waals surface area (Å²) in [7, 11) is 0. The highest BCUT2D eigenvalue weighted by Crippen LogP contribution is 2.45. The van der Waals surface area contributed by atoms with E-state index in [-0.39, 0.29) is 0 Å². The number of anilines is 1. The van der Waals surface area contributed by atoms with Crippen LogP contribution in [0.2, 0.25) is 0 Å². The number of aryl methyl sites for hydroxylation is 6. The first-order valence-electron chi connectivity index (χ1n) is 54.2. The summed E-state index contributed by atoms with van der Waals surface area (Å²) in [5.74, 6) is 7.82. The van der Waals surface area contributed by atoms with E-state index in [4.69, 9.17) is 14.2 Å². The zero-order chi connectivity index (χ0) is 87.2. The van der Waals surface area contributed by atoms with E-state index in [1.807, 2.05) is 18.2 Å². The molecule has 13 aliphatic heterocycles. The first-order valence-corrected chi connectivity index (χ1v) is 55.0. The fraction of sp³-hybridized carbons (Fsp3) is 0.690. The Morgan fingerprint density at radius 2 is 0.797 bits per heavy atom. The van der Waals surface area contributed by atoms with Gasteiger partial charge in [0.25, 0.3) is 0 Å². The van der Waals surface area contributed by atoms with Crippen molar-refractivity contribution < 1.29 is 14.2 Å². The highest BCUT2D eigenvalue weighted by molar-refractivity contribution is 7.97. The van der Waals surface area contributed by atoms with Crippen molar-refractivity contribution in [3.8, 4) is 5.75 Å². The Labute approximate surface area is 784 Å². The van der Waals surface area contributed by atoms with E-state index in [0.29, 0.717) is 0 Å². The third-order valence-corrected chi connectivity index (χ3v) is 33.5. The predicted octanol–water partition coefficient (Wildman–Crippen LogP) is 25.9. The number of piperidine rings is 6. The minimum Gasteiger partial charge on any atom is -0.493 e. The molecule has 10 saturated heterocycles. The van der Waals surface area contributed by atoms with Crippen LogP contribution in [0.15, 0.2) is 150 Å². The van der Waals surface area contributed by atoms with E-state index in [2.05, 4.69) is 169 Å². The van der Waals surface area contributed by atoms with Crippen LogP contribution >= 0.6 is 11.9 Å². The average molecular weight is 1760 g/mol. The Bertz CT molecular complexity index is 3260. The van der Waals surface area contributed by atoms with Crippen molar-refractivity contribution in [1.29, 1.82) is 0 Å². The molecule has 5 atom stereocenters. The zero-order valence-corrected chi connectivity index (χ0v) is 81.2. The zero-order valence-electron chi connectivity index (χ0n) is 80.4. The monoisotopic (exact) mass is 1760 g/mol. The van der Waals surface area contributed by atoms with Gasteiger partial charge in [-0.1, -0.05) is 256 Å². The first kappa shape index (κ1) is 98.9. The molecule has 25 aliphatic rings. The highest BCUT2D eigenvalue weighted by atomic mass is 32.2. The number of para-hydroxylation sites is 2. The van der Waals surface area contributed by atoms with Crippen molar-refractivity contribution >= 4 is 17.6 Å². The maximum Gasteiger partial charge on any atom is 0.122 e. The number of benzene rings is 6.